The summed E-state index contributed by atoms with van der Waals surface area (Å²) in [6.07, 6.45) is 0.864. The Labute approximate surface area is 140 Å². The fourth-order valence-electron chi connectivity index (χ4n) is 2.38. The smallest absolute Gasteiger partial charge is 0.410 e. The summed E-state index contributed by atoms with van der Waals surface area (Å²) >= 11 is 5.62. The molecule has 0 N–H and O–H groups in total. The number of amides is 1. The van der Waals surface area contributed by atoms with Crippen LogP contribution in [0.2, 0.25) is 5.15 Å². The predicted octanol–water partition coefficient (Wildman–Crippen LogP) is 2.30. The zero-order valence-electron chi connectivity index (χ0n) is 13.3. The molecule has 23 heavy (non-hydrogen) atoms. The molecule has 1 aliphatic rings. The minimum atomic E-state index is -3.65. The van der Waals surface area contributed by atoms with Gasteiger partial charge in [-0.1, -0.05) is 11.6 Å². The summed E-state index contributed by atoms with van der Waals surface area (Å²) in [7, 11) is -3.65. The first-order chi connectivity index (χ1) is 10.6. The number of carbonyl (C=O) groups excluding carboxylic acids is 1. The molecule has 0 aliphatic carbocycles. The van der Waals surface area contributed by atoms with Gasteiger partial charge in [-0.2, -0.15) is 0 Å². The third-order valence-electron chi connectivity index (χ3n) is 3.34. The van der Waals surface area contributed by atoms with Gasteiger partial charge in [0.1, 0.15) is 5.60 Å². The molecule has 1 aromatic rings. The van der Waals surface area contributed by atoms with Gasteiger partial charge in [0.05, 0.1) is 5.75 Å². The predicted molar refractivity (Wildman–Crippen MR) is 85.1 cm³/mol. The molecule has 1 amide bonds. The van der Waals surface area contributed by atoms with Gasteiger partial charge in [0.15, 0.2) is 20.0 Å². The van der Waals surface area contributed by atoms with Crippen molar-refractivity contribution in [1.82, 2.24) is 15.1 Å². The van der Waals surface area contributed by atoms with Crippen molar-refractivity contribution in [2.45, 2.75) is 50.3 Å². The molecule has 0 aromatic carbocycles. The second kappa shape index (κ2) is 6.60. The van der Waals surface area contributed by atoms with E-state index in [-0.39, 0.29) is 15.9 Å². The Kier molecular flexibility index (Phi) is 5.15. The van der Waals surface area contributed by atoms with Crippen molar-refractivity contribution in [2.75, 3.05) is 12.3 Å². The summed E-state index contributed by atoms with van der Waals surface area (Å²) < 4.78 is 30.2. The number of halogens is 1. The normalized spacial score (nSPS) is 19.0. The molecule has 0 radical (unpaired) electrons. The standard InChI is InChI=1S/C14H20ClN3O4S/c1-14(2,3)22-13(19)18-8-4-5-10(18)9-23(20,21)12-7-6-11(15)16-17-12/h6-7,10H,4-5,8-9H2,1-3H3/t10-/m1/s1. The second-order valence-electron chi connectivity index (χ2n) is 6.45. The van der Waals surface area contributed by atoms with Gasteiger partial charge in [-0.3, -0.25) is 0 Å². The van der Waals surface area contributed by atoms with Crippen molar-refractivity contribution >= 4 is 27.5 Å². The molecule has 1 aliphatic heterocycles. The SMILES string of the molecule is CC(C)(C)OC(=O)N1CCC[C@@H]1CS(=O)(=O)c1ccc(Cl)nn1. The lowest BCUT2D eigenvalue weighted by Crippen LogP contribution is -2.42. The van der Waals surface area contributed by atoms with Crippen LogP contribution >= 0.6 is 11.6 Å². The highest BCUT2D eigenvalue weighted by molar-refractivity contribution is 7.91. The summed E-state index contributed by atoms with van der Waals surface area (Å²) in [5.74, 6) is -0.206. The highest BCUT2D eigenvalue weighted by Crippen LogP contribution is 2.23. The van der Waals surface area contributed by atoms with Crippen LogP contribution in [0.4, 0.5) is 4.79 Å². The van der Waals surface area contributed by atoms with E-state index in [1.807, 2.05) is 0 Å². The summed E-state index contributed by atoms with van der Waals surface area (Å²) in [6, 6.07) is 2.27. The average molecular weight is 362 g/mol. The first-order valence-electron chi connectivity index (χ1n) is 7.30. The second-order valence-corrected chi connectivity index (χ2v) is 8.81. The molecular formula is C14H20ClN3O4S. The highest BCUT2D eigenvalue weighted by Gasteiger charge is 2.35. The number of carbonyl (C=O) groups is 1. The van der Waals surface area contributed by atoms with Crippen LogP contribution in [0, 0.1) is 0 Å². The first-order valence-corrected chi connectivity index (χ1v) is 9.33. The Balaban J connectivity index is 2.11. The van der Waals surface area contributed by atoms with Crippen LogP contribution < -0.4 is 0 Å². The van der Waals surface area contributed by atoms with E-state index in [9.17, 15) is 13.2 Å². The zero-order valence-corrected chi connectivity index (χ0v) is 14.9. The molecule has 0 saturated carbocycles. The number of hydrogen-bond acceptors (Lipinski definition) is 6. The maximum atomic E-state index is 12.4. The van der Waals surface area contributed by atoms with E-state index in [4.69, 9.17) is 16.3 Å². The molecule has 2 heterocycles. The van der Waals surface area contributed by atoms with Gasteiger partial charge in [0, 0.05) is 12.6 Å². The number of rotatable bonds is 3. The van der Waals surface area contributed by atoms with Crippen LogP contribution in [0.25, 0.3) is 0 Å². The van der Waals surface area contributed by atoms with Crippen molar-refractivity contribution in [3.63, 3.8) is 0 Å². The van der Waals surface area contributed by atoms with E-state index in [0.717, 1.165) is 6.42 Å². The minimum absolute atomic E-state index is 0.125. The lowest BCUT2D eigenvalue weighted by molar-refractivity contribution is 0.0241. The maximum absolute atomic E-state index is 12.4. The molecule has 0 bridgehead atoms. The number of sulfone groups is 1. The summed E-state index contributed by atoms with van der Waals surface area (Å²) in [5, 5.41) is 7.15. The molecular weight excluding hydrogens is 342 g/mol. The summed E-state index contributed by atoms with van der Waals surface area (Å²) in [6.45, 7) is 5.81. The molecule has 1 aromatic heterocycles. The van der Waals surface area contributed by atoms with Crippen LogP contribution in [-0.4, -0.2) is 53.5 Å². The number of ether oxygens (including phenoxy) is 1. The van der Waals surface area contributed by atoms with Crippen molar-refractivity contribution in [3.05, 3.63) is 17.3 Å². The van der Waals surface area contributed by atoms with Crippen LogP contribution in [0.5, 0.6) is 0 Å². The highest BCUT2D eigenvalue weighted by atomic mass is 35.5. The zero-order chi connectivity index (χ0) is 17.3. The topological polar surface area (TPSA) is 89.5 Å². The molecule has 1 saturated heterocycles. The van der Waals surface area contributed by atoms with E-state index in [1.165, 1.54) is 17.0 Å². The Bertz CT molecular complexity index is 670. The largest absolute Gasteiger partial charge is 0.444 e. The third kappa shape index (κ3) is 4.78. The van der Waals surface area contributed by atoms with Gasteiger partial charge in [-0.25, -0.2) is 13.2 Å². The Morgan fingerprint density at radius 1 is 1.39 bits per heavy atom. The van der Waals surface area contributed by atoms with Gasteiger partial charge in [-0.15, -0.1) is 10.2 Å². The van der Waals surface area contributed by atoms with Gasteiger partial charge in [0.25, 0.3) is 0 Å². The van der Waals surface area contributed by atoms with E-state index >= 15 is 0 Å². The fraction of sp³-hybridized carbons (Fsp3) is 0.643. The van der Waals surface area contributed by atoms with Crippen LogP contribution in [0.1, 0.15) is 33.6 Å². The number of likely N-dealkylation sites (tertiary alicyclic amines) is 1. The number of nitrogens with zero attached hydrogens (tertiary/aromatic N) is 3. The van der Waals surface area contributed by atoms with E-state index in [1.54, 1.807) is 20.8 Å². The summed E-state index contributed by atoms with van der Waals surface area (Å²) in [5.41, 5.74) is -0.620. The molecule has 128 valence electrons. The van der Waals surface area contributed by atoms with Gasteiger partial charge in [-0.05, 0) is 45.7 Å². The monoisotopic (exact) mass is 361 g/mol. The van der Waals surface area contributed by atoms with Crippen LogP contribution in [0.15, 0.2) is 17.2 Å². The van der Waals surface area contributed by atoms with E-state index in [2.05, 4.69) is 10.2 Å². The van der Waals surface area contributed by atoms with Crippen molar-refractivity contribution in [1.29, 1.82) is 0 Å². The molecule has 1 atom stereocenters. The van der Waals surface area contributed by atoms with E-state index < -0.39 is 27.6 Å². The van der Waals surface area contributed by atoms with Crippen LogP contribution in [-0.2, 0) is 14.6 Å². The van der Waals surface area contributed by atoms with Gasteiger partial charge < -0.3 is 9.64 Å². The van der Waals surface area contributed by atoms with Gasteiger partial charge in [0.2, 0.25) is 0 Å². The van der Waals surface area contributed by atoms with Crippen LogP contribution in [0.3, 0.4) is 0 Å². The van der Waals surface area contributed by atoms with Gasteiger partial charge >= 0.3 is 6.09 Å². The van der Waals surface area contributed by atoms with Crippen molar-refractivity contribution < 1.29 is 17.9 Å². The molecule has 9 heteroatoms. The Morgan fingerprint density at radius 3 is 2.65 bits per heavy atom. The number of hydrogen-bond donors (Lipinski definition) is 0. The Morgan fingerprint density at radius 2 is 2.09 bits per heavy atom. The Hall–Kier alpha value is -1.41. The molecule has 2 rings (SSSR count). The molecule has 7 nitrogen and oxygen atoms in total. The lowest BCUT2D eigenvalue weighted by Gasteiger charge is -2.28. The fourth-order valence-corrected chi connectivity index (χ4v) is 3.94. The summed E-state index contributed by atoms with van der Waals surface area (Å²) in [4.78, 5) is 13.7. The third-order valence-corrected chi connectivity index (χ3v) is 5.22. The number of aromatic nitrogens is 2. The van der Waals surface area contributed by atoms with E-state index in [0.29, 0.717) is 13.0 Å². The quantitative estimate of drug-likeness (QED) is 0.820. The van der Waals surface area contributed by atoms with Crippen molar-refractivity contribution in [3.8, 4) is 0 Å². The first kappa shape index (κ1) is 17.9. The average Bonchev–Trinajstić information content (AvgIpc) is 2.84. The molecule has 0 spiro atoms. The maximum Gasteiger partial charge on any atom is 0.410 e. The van der Waals surface area contributed by atoms with Crippen molar-refractivity contribution in [2.24, 2.45) is 0 Å². The lowest BCUT2D eigenvalue weighted by atomic mass is 10.2. The molecule has 1 fully saturated rings. The minimum Gasteiger partial charge on any atom is -0.444 e. The molecule has 0 unspecified atom stereocenters.